The number of halogens is 1. The van der Waals surface area contributed by atoms with Crippen molar-refractivity contribution in [2.24, 2.45) is 0 Å². The molecule has 4 nitrogen and oxygen atoms in total. The number of anilines is 1. The Bertz CT molecular complexity index is 483. The molecular weight excluding hydrogens is 294 g/mol. The molecule has 1 aliphatic rings. The molecule has 1 aromatic rings. The summed E-state index contributed by atoms with van der Waals surface area (Å²) in [6.45, 7) is 6.50. The number of rotatable bonds is 4. The minimum absolute atomic E-state index is 0.0289. The molecule has 0 radical (unpaired) electrons. The van der Waals surface area contributed by atoms with Crippen molar-refractivity contribution in [1.29, 1.82) is 0 Å². The first-order valence-electron chi connectivity index (χ1n) is 6.96. The van der Waals surface area contributed by atoms with Crippen LogP contribution in [0.15, 0.2) is 12.3 Å². The van der Waals surface area contributed by atoms with E-state index < -0.39 is 0 Å². The first-order chi connectivity index (χ1) is 9.65. The smallest absolute Gasteiger partial charge is 0.255 e. The summed E-state index contributed by atoms with van der Waals surface area (Å²) in [6, 6.07) is 1.71. The van der Waals surface area contributed by atoms with Gasteiger partial charge in [0.25, 0.3) is 5.91 Å². The van der Waals surface area contributed by atoms with Gasteiger partial charge in [-0.25, -0.2) is 4.98 Å². The highest BCUT2D eigenvalue weighted by Crippen LogP contribution is 2.24. The molecule has 1 amide bonds. The fourth-order valence-electron chi connectivity index (χ4n) is 2.19. The number of nitrogens with zero attached hydrogens (tertiary/aromatic N) is 2. The molecule has 1 unspecified atom stereocenters. The summed E-state index contributed by atoms with van der Waals surface area (Å²) in [4.78, 5) is 18.6. The maximum atomic E-state index is 12.5. The number of hydrogen-bond donors (Lipinski definition) is 1. The molecule has 0 bridgehead atoms. The molecule has 1 atom stereocenters. The van der Waals surface area contributed by atoms with E-state index in [2.05, 4.69) is 17.2 Å². The van der Waals surface area contributed by atoms with Gasteiger partial charge in [-0.1, -0.05) is 18.5 Å². The summed E-state index contributed by atoms with van der Waals surface area (Å²) in [7, 11) is 0. The van der Waals surface area contributed by atoms with Crippen LogP contribution in [0.3, 0.4) is 0 Å². The quantitative estimate of drug-likeness (QED) is 0.927. The molecule has 0 aromatic carbocycles. The maximum absolute atomic E-state index is 12.5. The average molecular weight is 314 g/mol. The SMILES string of the molecule is CCNc1ncc(C(=O)N2CCSC(CC)C2)cc1Cl. The Balaban J connectivity index is 2.10. The van der Waals surface area contributed by atoms with Crippen molar-refractivity contribution in [2.75, 3.05) is 30.7 Å². The summed E-state index contributed by atoms with van der Waals surface area (Å²) < 4.78 is 0. The van der Waals surface area contributed by atoms with Crippen LogP contribution >= 0.6 is 23.4 Å². The Morgan fingerprint density at radius 2 is 2.40 bits per heavy atom. The van der Waals surface area contributed by atoms with E-state index in [0.717, 1.165) is 31.8 Å². The monoisotopic (exact) mass is 313 g/mol. The Morgan fingerprint density at radius 1 is 1.60 bits per heavy atom. The fourth-order valence-corrected chi connectivity index (χ4v) is 3.60. The molecule has 20 heavy (non-hydrogen) atoms. The van der Waals surface area contributed by atoms with Crippen molar-refractivity contribution in [3.63, 3.8) is 0 Å². The van der Waals surface area contributed by atoms with Gasteiger partial charge in [-0.2, -0.15) is 11.8 Å². The highest BCUT2D eigenvalue weighted by atomic mass is 35.5. The average Bonchev–Trinajstić information content (AvgIpc) is 2.49. The Kier molecular flexibility index (Phi) is 5.54. The predicted octanol–water partition coefficient (Wildman–Crippen LogP) is 3.13. The van der Waals surface area contributed by atoms with Crippen molar-refractivity contribution in [2.45, 2.75) is 25.5 Å². The Morgan fingerprint density at radius 3 is 3.05 bits per heavy atom. The lowest BCUT2D eigenvalue weighted by atomic mass is 10.2. The van der Waals surface area contributed by atoms with E-state index in [-0.39, 0.29) is 5.91 Å². The number of carbonyl (C=O) groups is 1. The molecule has 0 aliphatic carbocycles. The zero-order chi connectivity index (χ0) is 14.5. The van der Waals surface area contributed by atoms with Gasteiger partial charge in [0.15, 0.2) is 0 Å². The zero-order valence-electron chi connectivity index (χ0n) is 11.9. The lowest BCUT2D eigenvalue weighted by Crippen LogP contribution is -2.41. The molecular formula is C14H20ClN3OS. The minimum atomic E-state index is 0.0289. The normalized spacial score (nSPS) is 18.9. The lowest BCUT2D eigenvalue weighted by Gasteiger charge is -2.32. The first kappa shape index (κ1) is 15.4. The third-order valence-electron chi connectivity index (χ3n) is 3.31. The van der Waals surface area contributed by atoms with Gasteiger partial charge in [-0.3, -0.25) is 4.79 Å². The van der Waals surface area contributed by atoms with Gasteiger partial charge in [0.05, 0.1) is 10.6 Å². The van der Waals surface area contributed by atoms with Crippen LogP contribution in [0, 0.1) is 0 Å². The van der Waals surface area contributed by atoms with Crippen LogP contribution in [-0.4, -0.2) is 46.4 Å². The second-order valence-electron chi connectivity index (χ2n) is 4.74. The molecule has 1 saturated heterocycles. The lowest BCUT2D eigenvalue weighted by molar-refractivity contribution is 0.0760. The van der Waals surface area contributed by atoms with E-state index in [1.165, 1.54) is 0 Å². The van der Waals surface area contributed by atoms with Crippen LogP contribution in [-0.2, 0) is 0 Å². The van der Waals surface area contributed by atoms with Crippen LogP contribution in [0.2, 0.25) is 5.02 Å². The topological polar surface area (TPSA) is 45.2 Å². The second-order valence-corrected chi connectivity index (χ2v) is 6.55. The number of aromatic nitrogens is 1. The van der Waals surface area contributed by atoms with Crippen LogP contribution < -0.4 is 5.32 Å². The molecule has 2 heterocycles. The largest absolute Gasteiger partial charge is 0.369 e. The number of amides is 1. The number of hydrogen-bond acceptors (Lipinski definition) is 4. The van der Waals surface area contributed by atoms with Crippen molar-refractivity contribution < 1.29 is 4.79 Å². The van der Waals surface area contributed by atoms with Crippen molar-refractivity contribution >= 4 is 35.1 Å². The van der Waals surface area contributed by atoms with Gasteiger partial charge in [0, 0.05) is 36.8 Å². The van der Waals surface area contributed by atoms with Crippen LogP contribution in [0.25, 0.3) is 0 Å². The van der Waals surface area contributed by atoms with Gasteiger partial charge >= 0.3 is 0 Å². The summed E-state index contributed by atoms with van der Waals surface area (Å²) in [5, 5.41) is 4.10. The molecule has 1 N–H and O–H groups in total. The van der Waals surface area contributed by atoms with Gasteiger partial charge in [-0.15, -0.1) is 0 Å². The molecule has 2 rings (SSSR count). The highest BCUT2D eigenvalue weighted by Gasteiger charge is 2.24. The molecule has 1 aliphatic heterocycles. The third kappa shape index (κ3) is 3.58. The number of pyridine rings is 1. The van der Waals surface area contributed by atoms with E-state index in [4.69, 9.17) is 11.6 Å². The molecule has 6 heteroatoms. The summed E-state index contributed by atoms with van der Waals surface area (Å²) in [5.41, 5.74) is 0.568. The van der Waals surface area contributed by atoms with Crippen molar-refractivity contribution in [1.82, 2.24) is 9.88 Å². The molecule has 110 valence electrons. The van der Waals surface area contributed by atoms with Crippen LogP contribution in [0.4, 0.5) is 5.82 Å². The van der Waals surface area contributed by atoms with Crippen LogP contribution in [0.5, 0.6) is 0 Å². The van der Waals surface area contributed by atoms with Crippen molar-refractivity contribution in [3.8, 4) is 0 Å². The molecule has 1 aromatic heterocycles. The van der Waals surface area contributed by atoms with Gasteiger partial charge in [0.1, 0.15) is 5.82 Å². The summed E-state index contributed by atoms with van der Waals surface area (Å²) in [5.74, 6) is 1.66. The van der Waals surface area contributed by atoms with Gasteiger partial charge in [-0.05, 0) is 19.4 Å². The van der Waals surface area contributed by atoms with E-state index in [0.29, 0.717) is 21.7 Å². The molecule has 0 spiro atoms. The first-order valence-corrected chi connectivity index (χ1v) is 8.38. The minimum Gasteiger partial charge on any atom is -0.369 e. The second kappa shape index (κ2) is 7.18. The van der Waals surface area contributed by atoms with E-state index in [1.54, 1.807) is 12.3 Å². The molecule has 0 saturated carbocycles. The van der Waals surface area contributed by atoms with Gasteiger partial charge < -0.3 is 10.2 Å². The Hall–Kier alpha value is -0.940. The number of carbonyl (C=O) groups excluding carboxylic acids is 1. The fraction of sp³-hybridized carbons (Fsp3) is 0.571. The standard InChI is InChI=1S/C14H20ClN3OS/c1-3-11-9-18(5-6-20-11)14(19)10-7-12(15)13(16-4-2)17-8-10/h7-8,11H,3-6,9H2,1-2H3,(H,16,17). The maximum Gasteiger partial charge on any atom is 0.255 e. The van der Waals surface area contributed by atoms with E-state index in [9.17, 15) is 4.79 Å². The number of nitrogens with one attached hydrogen (secondary N) is 1. The van der Waals surface area contributed by atoms with Crippen LogP contribution in [0.1, 0.15) is 30.6 Å². The highest BCUT2D eigenvalue weighted by molar-refractivity contribution is 8.00. The Labute approximate surface area is 129 Å². The van der Waals surface area contributed by atoms with E-state index >= 15 is 0 Å². The zero-order valence-corrected chi connectivity index (χ0v) is 13.4. The van der Waals surface area contributed by atoms with E-state index in [1.807, 2.05) is 23.6 Å². The van der Waals surface area contributed by atoms with Crippen molar-refractivity contribution in [3.05, 3.63) is 22.8 Å². The predicted molar refractivity (Wildman–Crippen MR) is 85.9 cm³/mol. The molecule has 1 fully saturated rings. The third-order valence-corrected chi connectivity index (χ3v) is 4.97. The summed E-state index contributed by atoms with van der Waals surface area (Å²) in [6.07, 6.45) is 2.70. The summed E-state index contributed by atoms with van der Waals surface area (Å²) >= 11 is 8.09. The number of thioether (sulfide) groups is 1. The van der Waals surface area contributed by atoms with Gasteiger partial charge in [0.2, 0.25) is 0 Å².